The molecule has 1 amide bonds. The van der Waals surface area contributed by atoms with Gasteiger partial charge < -0.3 is 9.32 Å². The number of benzene rings is 1. The Morgan fingerprint density at radius 2 is 2.06 bits per heavy atom. The average molecular weight is 243 g/mol. The molecule has 94 valence electrons. The Kier molecular flexibility index (Phi) is 2.62. The first-order valence-electron chi connectivity index (χ1n) is 6.48. The van der Waals surface area contributed by atoms with Gasteiger partial charge in [-0.15, -0.1) is 0 Å². The van der Waals surface area contributed by atoms with Crippen LogP contribution in [0, 0.1) is 0 Å². The predicted octanol–water partition coefficient (Wildman–Crippen LogP) is 3.45. The molecule has 18 heavy (non-hydrogen) atoms. The van der Waals surface area contributed by atoms with Gasteiger partial charge in [-0.05, 0) is 38.8 Å². The lowest BCUT2D eigenvalue weighted by molar-refractivity contribution is 0.0660. The van der Waals surface area contributed by atoms with Crippen molar-refractivity contribution in [2.45, 2.75) is 38.8 Å². The number of hydrogen-bond donors (Lipinski definition) is 0. The molecule has 0 spiro atoms. The summed E-state index contributed by atoms with van der Waals surface area (Å²) in [5.74, 6) is 0.473. The number of para-hydroxylation sites is 1. The molecule has 0 atom stereocenters. The zero-order valence-corrected chi connectivity index (χ0v) is 10.7. The number of carbonyl (C=O) groups excluding carboxylic acids is 1. The van der Waals surface area contributed by atoms with E-state index in [1.165, 1.54) is 0 Å². The highest BCUT2D eigenvalue weighted by Crippen LogP contribution is 2.31. The van der Waals surface area contributed by atoms with E-state index in [2.05, 4.69) is 13.8 Å². The molecular weight excluding hydrogens is 226 g/mol. The molecule has 0 N–H and O–H groups in total. The third-order valence-electron chi connectivity index (χ3n) is 3.37. The summed E-state index contributed by atoms with van der Waals surface area (Å²) in [5, 5.41) is 0.986. The highest BCUT2D eigenvalue weighted by molar-refractivity contribution is 5.96. The summed E-state index contributed by atoms with van der Waals surface area (Å²) in [6, 6.07) is 10.2. The van der Waals surface area contributed by atoms with Gasteiger partial charge in [-0.2, -0.15) is 0 Å². The van der Waals surface area contributed by atoms with Crippen molar-refractivity contribution in [1.29, 1.82) is 0 Å². The van der Waals surface area contributed by atoms with E-state index in [0.29, 0.717) is 11.8 Å². The zero-order valence-electron chi connectivity index (χ0n) is 10.7. The van der Waals surface area contributed by atoms with Gasteiger partial charge in [0.05, 0.1) is 0 Å². The number of fused-ring (bicyclic) bond motifs is 1. The van der Waals surface area contributed by atoms with Gasteiger partial charge in [0.25, 0.3) is 5.91 Å². The van der Waals surface area contributed by atoms with Crippen LogP contribution in [0.15, 0.2) is 34.7 Å². The van der Waals surface area contributed by atoms with Crippen molar-refractivity contribution in [3.63, 3.8) is 0 Å². The van der Waals surface area contributed by atoms with Gasteiger partial charge in [0.15, 0.2) is 5.76 Å². The molecule has 0 unspecified atom stereocenters. The Morgan fingerprint density at radius 1 is 1.33 bits per heavy atom. The Balaban J connectivity index is 1.95. The Bertz CT molecular complexity index is 546. The summed E-state index contributed by atoms with van der Waals surface area (Å²) in [4.78, 5) is 14.4. The largest absolute Gasteiger partial charge is 0.451 e. The second-order valence-electron chi connectivity index (χ2n) is 5.19. The minimum atomic E-state index is 0.0173. The van der Waals surface area contributed by atoms with Crippen LogP contribution in [0.1, 0.15) is 37.2 Å². The minimum absolute atomic E-state index is 0.0173. The van der Waals surface area contributed by atoms with Crippen molar-refractivity contribution in [2.75, 3.05) is 0 Å². The first-order chi connectivity index (χ1) is 8.66. The second-order valence-corrected chi connectivity index (χ2v) is 5.19. The number of nitrogens with zero attached hydrogens (tertiary/aromatic N) is 1. The van der Waals surface area contributed by atoms with Crippen LogP contribution in [0.3, 0.4) is 0 Å². The normalized spacial score (nSPS) is 15.3. The fraction of sp³-hybridized carbons (Fsp3) is 0.400. The van der Waals surface area contributed by atoms with E-state index >= 15 is 0 Å². The van der Waals surface area contributed by atoms with E-state index in [1.807, 2.05) is 35.2 Å². The molecule has 1 aliphatic carbocycles. The lowest BCUT2D eigenvalue weighted by atomic mass is 10.2. The predicted molar refractivity (Wildman–Crippen MR) is 70.5 cm³/mol. The number of furan rings is 1. The van der Waals surface area contributed by atoms with Crippen LogP contribution in [0.4, 0.5) is 0 Å². The molecule has 3 nitrogen and oxygen atoms in total. The molecule has 1 fully saturated rings. The van der Waals surface area contributed by atoms with Crippen molar-refractivity contribution < 1.29 is 9.21 Å². The number of rotatable bonds is 3. The molecule has 1 aromatic carbocycles. The maximum atomic E-state index is 12.5. The smallest absolute Gasteiger partial charge is 0.290 e. The summed E-state index contributed by atoms with van der Waals surface area (Å²) in [7, 11) is 0. The van der Waals surface area contributed by atoms with Gasteiger partial charge in [-0.1, -0.05) is 18.2 Å². The average Bonchev–Trinajstić information content (AvgIpc) is 3.06. The number of hydrogen-bond acceptors (Lipinski definition) is 2. The number of carbonyl (C=O) groups is 1. The molecule has 0 radical (unpaired) electrons. The van der Waals surface area contributed by atoms with E-state index in [-0.39, 0.29) is 11.9 Å². The Labute approximate surface area is 106 Å². The zero-order chi connectivity index (χ0) is 12.7. The van der Waals surface area contributed by atoms with E-state index in [1.54, 1.807) is 0 Å². The van der Waals surface area contributed by atoms with Crippen molar-refractivity contribution >= 4 is 16.9 Å². The second kappa shape index (κ2) is 4.16. The first-order valence-corrected chi connectivity index (χ1v) is 6.48. The van der Waals surface area contributed by atoms with Crippen LogP contribution in [0.25, 0.3) is 11.0 Å². The van der Waals surface area contributed by atoms with E-state index in [9.17, 15) is 4.79 Å². The molecule has 0 bridgehead atoms. The van der Waals surface area contributed by atoms with Crippen LogP contribution in [-0.2, 0) is 0 Å². The Hall–Kier alpha value is -1.77. The lowest BCUT2D eigenvalue weighted by Crippen LogP contribution is -2.38. The van der Waals surface area contributed by atoms with Gasteiger partial charge in [0.1, 0.15) is 5.58 Å². The first kappa shape index (κ1) is 11.3. The molecule has 0 saturated heterocycles. The molecule has 1 saturated carbocycles. The van der Waals surface area contributed by atoms with Gasteiger partial charge in [-0.3, -0.25) is 4.79 Å². The molecule has 0 aliphatic heterocycles. The molecule has 3 rings (SSSR count). The van der Waals surface area contributed by atoms with Crippen molar-refractivity contribution in [1.82, 2.24) is 4.90 Å². The lowest BCUT2D eigenvalue weighted by Gasteiger charge is -2.25. The topological polar surface area (TPSA) is 33.5 Å². The fourth-order valence-electron chi connectivity index (χ4n) is 2.39. The maximum Gasteiger partial charge on any atom is 0.290 e. The van der Waals surface area contributed by atoms with Crippen LogP contribution < -0.4 is 0 Å². The highest BCUT2D eigenvalue weighted by atomic mass is 16.3. The monoisotopic (exact) mass is 243 g/mol. The summed E-state index contributed by atoms with van der Waals surface area (Å²) >= 11 is 0. The number of amides is 1. The van der Waals surface area contributed by atoms with Gasteiger partial charge >= 0.3 is 0 Å². The van der Waals surface area contributed by atoms with Crippen molar-refractivity contribution in [2.24, 2.45) is 0 Å². The highest BCUT2D eigenvalue weighted by Gasteiger charge is 2.35. The summed E-state index contributed by atoms with van der Waals surface area (Å²) in [5.41, 5.74) is 0.778. The molecule has 1 aromatic heterocycles. The quantitative estimate of drug-likeness (QED) is 0.827. The van der Waals surface area contributed by atoms with Crippen molar-refractivity contribution in [3.8, 4) is 0 Å². The van der Waals surface area contributed by atoms with E-state index in [4.69, 9.17) is 4.42 Å². The van der Waals surface area contributed by atoms with Crippen molar-refractivity contribution in [3.05, 3.63) is 36.1 Å². The molecule has 3 heteroatoms. The van der Waals surface area contributed by atoms with Gasteiger partial charge in [0.2, 0.25) is 0 Å². The molecular formula is C15H17NO2. The molecule has 1 heterocycles. The SMILES string of the molecule is CC(C)N(C(=O)c1cc2ccccc2o1)C1CC1. The van der Waals surface area contributed by atoms with Crippen LogP contribution in [-0.4, -0.2) is 22.9 Å². The van der Waals surface area contributed by atoms with E-state index in [0.717, 1.165) is 23.8 Å². The standard InChI is InChI=1S/C15H17NO2/c1-10(2)16(12-7-8-12)15(17)14-9-11-5-3-4-6-13(11)18-14/h3-6,9-10,12H,7-8H2,1-2H3. The van der Waals surface area contributed by atoms with Crippen LogP contribution in [0.5, 0.6) is 0 Å². The van der Waals surface area contributed by atoms with E-state index < -0.39 is 0 Å². The third-order valence-corrected chi connectivity index (χ3v) is 3.37. The van der Waals surface area contributed by atoms with Gasteiger partial charge in [-0.25, -0.2) is 0 Å². The summed E-state index contributed by atoms with van der Waals surface area (Å²) in [6.07, 6.45) is 2.23. The minimum Gasteiger partial charge on any atom is -0.451 e. The Morgan fingerprint density at radius 3 is 2.67 bits per heavy atom. The van der Waals surface area contributed by atoms with Gasteiger partial charge in [0, 0.05) is 17.5 Å². The molecule has 1 aliphatic rings. The maximum absolute atomic E-state index is 12.5. The summed E-state index contributed by atoms with van der Waals surface area (Å²) in [6.45, 7) is 4.11. The third kappa shape index (κ3) is 1.90. The fourth-order valence-corrected chi connectivity index (χ4v) is 2.39. The molecule has 2 aromatic rings. The van der Waals surface area contributed by atoms with Crippen LogP contribution in [0.2, 0.25) is 0 Å². The van der Waals surface area contributed by atoms with Crippen LogP contribution >= 0.6 is 0 Å². The summed E-state index contributed by atoms with van der Waals surface area (Å²) < 4.78 is 5.65.